The molecular weight excluding hydrogens is 322 g/mol. The third-order valence-corrected chi connectivity index (χ3v) is 4.46. The van der Waals surface area contributed by atoms with Crippen LogP contribution in [0.5, 0.6) is 0 Å². The summed E-state index contributed by atoms with van der Waals surface area (Å²) in [6, 6.07) is 2.07. The van der Waals surface area contributed by atoms with Gasteiger partial charge >= 0.3 is 0 Å². The quantitative estimate of drug-likeness (QED) is 0.688. The van der Waals surface area contributed by atoms with Crippen LogP contribution in [0.25, 0.3) is 0 Å². The first-order valence-corrected chi connectivity index (χ1v) is 8.41. The highest BCUT2D eigenvalue weighted by molar-refractivity contribution is 7.08. The lowest BCUT2D eigenvalue weighted by molar-refractivity contribution is -0.122. The van der Waals surface area contributed by atoms with Crippen molar-refractivity contribution in [1.82, 2.24) is 16.0 Å². The number of piperidine rings is 1. The van der Waals surface area contributed by atoms with Gasteiger partial charge in [0.05, 0.1) is 0 Å². The molecule has 1 aliphatic rings. The van der Waals surface area contributed by atoms with Gasteiger partial charge in [-0.15, -0.1) is 12.4 Å². The third-order valence-electron chi connectivity index (χ3n) is 3.78. The van der Waals surface area contributed by atoms with Gasteiger partial charge in [0.2, 0.25) is 5.91 Å². The van der Waals surface area contributed by atoms with E-state index < -0.39 is 0 Å². The molecule has 3 N–H and O–H groups in total. The van der Waals surface area contributed by atoms with E-state index in [4.69, 9.17) is 0 Å². The lowest BCUT2D eigenvalue weighted by Crippen LogP contribution is -2.48. The molecule has 1 aromatic heterocycles. The van der Waals surface area contributed by atoms with Crippen LogP contribution in [0, 0.1) is 5.92 Å². The summed E-state index contributed by atoms with van der Waals surface area (Å²) in [7, 11) is 0. The van der Waals surface area contributed by atoms with Crippen LogP contribution in [0.3, 0.4) is 0 Å². The number of rotatable bonds is 6. The fourth-order valence-corrected chi connectivity index (χ4v) is 3.09. The summed E-state index contributed by atoms with van der Waals surface area (Å²) in [5, 5.41) is 12.9. The molecule has 0 saturated carbocycles. The summed E-state index contributed by atoms with van der Waals surface area (Å²) in [4.78, 5) is 23.6. The zero-order valence-corrected chi connectivity index (χ0v) is 14.4. The Morgan fingerprint density at radius 3 is 2.95 bits per heavy atom. The molecule has 5 nitrogen and oxygen atoms in total. The Bertz CT molecular complexity index is 467. The Labute approximate surface area is 141 Å². The number of hydrogen-bond donors (Lipinski definition) is 3. The molecule has 1 fully saturated rings. The first-order chi connectivity index (χ1) is 10.2. The second-order valence-electron chi connectivity index (χ2n) is 5.52. The molecule has 22 heavy (non-hydrogen) atoms. The Kier molecular flexibility index (Phi) is 8.45. The molecule has 0 bridgehead atoms. The smallest absolute Gasteiger partial charge is 0.252 e. The Morgan fingerprint density at radius 1 is 1.45 bits per heavy atom. The van der Waals surface area contributed by atoms with E-state index in [1.54, 1.807) is 6.07 Å². The molecule has 0 spiro atoms. The van der Waals surface area contributed by atoms with E-state index in [0.29, 0.717) is 30.9 Å². The van der Waals surface area contributed by atoms with Crippen molar-refractivity contribution in [1.29, 1.82) is 0 Å². The Balaban J connectivity index is 0.00000242. The fourth-order valence-electron chi connectivity index (χ4n) is 2.45. The number of nitrogens with one attached hydrogen (secondary N) is 3. The van der Waals surface area contributed by atoms with E-state index in [1.165, 1.54) is 11.3 Å². The van der Waals surface area contributed by atoms with Crippen molar-refractivity contribution in [3.63, 3.8) is 0 Å². The Hall–Kier alpha value is -1.11. The van der Waals surface area contributed by atoms with Crippen molar-refractivity contribution < 1.29 is 9.59 Å². The molecule has 2 rings (SSSR count). The van der Waals surface area contributed by atoms with Crippen LogP contribution >= 0.6 is 23.7 Å². The van der Waals surface area contributed by atoms with Crippen LogP contribution < -0.4 is 16.0 Å². The molecule has 0 aromatic carbocycles. The fraction of sp³-hybridized carbons (Fsp3) is 0.600. The van der Waals surface area contributed by atoms with Gasteiger partial charge in [-0.1, -0.05) is 6.92 Å². The van der Waals surface area contributed by atoms with E-state index in [-0.39, 0.29) is 30.3 Å². The Morgan fingerprint density at radius 2 is 2.27 bits per heavy atom. The van der Waals surface area contributed by atoms with Gasteiger partial charge < -0.3 is 16.0 Å². The lowest BCUT2D eigenvalue weighted by atomic mass is 9.95. The molecule has 0 radical (unpaired) electrons. The number of carbonyl (C=O) groups excluding carboxylic acids is 2. The lowest BCUT2D eigenvalue weighted by Gasteiger charge is -2.30. The number of amides is 2. The second kappa shape index (κ2) is 9.82. The maximum Gasteiger partial charge on any atom is 0.252 e. The normalized spacial score (nSPS) is 20.8. The van der Waals surface area contributed by atoms with Crippen LogP contribution in [0.15, 0.2) is 16.8 Å². The molecule has 2 unspecified atom stereocenters. The maximum atomic E-state index is 11.9. The average Bonchev–Trinajstić information content (AvgIpc) is 3.00. The molecule has 1 aromatic rings. The van der Waals surface area contributed by atoms with Crippen LogP contribution in [-0.4, -0.2) is 37.5 Å². The van der Waals surface area contributed by atoms with Crippen molar-refractivity contribution in [2.75, 3.05) is 19.6 Å². The molecule has 0 aliphatic carbocycles. The van der Waals surface area contributed by atoms with Crippen molar-refractivity contribution in [3.8, 4) is 0 Å². The predicted molar refractivity (Wildman–Crippen MR) is 91.7 cm³/mol. The highest BCUT2D eigenvalue weighted by Gasteiger charge is 2.22. The van der Waals surface area contributed by atoms with Crippen LogP contribution in [0.4, 0.5) is 0 Å². The topological polar surface area (TPSA) is 70.2 Å². The number of hydrogen-bond acceptors (Lipinski definition) is 4. The molecule has 2 amide bonds. The van der Waals surface area contributed by atoms with Crippen LogP contribution in [0.1, 0.15) is 36.5 Å². The van der Waals surface area contributed by atoms with Gasteiger partial charge in [0.15, 0.2) is 0 Å². The molecule has 1 aliphatic heterocycles. The van der Waals surface area contributed by atoms with Crippen LogP contribution in [0.2, 0.25) is 0 Å². The first kappa shape index (κ1) is 18.9. The number of thiophene rings is 1. The van der Waals surface area contributed by atoms with Gasteiger partial charge in [0.25, 0.3) is 5.91 Å². The van der Waals surface area contributed by atoms with E-state index in [1.807, 2.05) is 10.8 Å². The van der Waals surface area contributed by atoms with Gasteiger partial charge in [-0.05, 0) is 43.3 Å². The van der Waals surface area contributed by atoms with Gasteiger partial charge in [-0.3, -0.25) is 9.59 Å². The van der Waals surface area contributed by atoms with E-state index in [9.17, 15) is 9.59 Å². The van der Waals surface area contributed by atoms with Crippen molar-refractivity contribution >= 4 is 35.6 Å². The second-order valence-corrected chi connectivity index (χ2v) is 6.30. The highest BCUT2D eigenvalue weighted by atomic mass is 35.5. The van der Waals surface area contributed by atoms with E-state index >= 15 is 0 Å². The maximum absolute atomic E-state index is 11.9. The zero-order chi connectivity index (χ0) is 15.1. The minimum atomic E-state index is -0.0661. The minimum Gasteiger partial charge on any atom is -0.353 e. The largest absolute Gasteiger partial charge is 0.353 e. The van der Waals surface area contributed by atoms with Crippen LogP contribution in [-0.2, 0) is 4.79 Å². The van der Waals surface area contributed by atoms with Crippen molar-refractivity contribution in [3.05, 3.63) is 22.4 Å². The molecule has 7 heteroatoms. The minimum absolute atomic E-state index is 0. The molecule has 2 atom stereocenters. The van der Waals surface area contributed by atoms with Gasteiger partial charge in [-0.25, -0.2) is 0 Å². The van der Waals surface area contributed by atoms with Gasteiger partial charge in [-0.2, -0.15) is 11.3 Å². The van der Waals surface area contributed by atoms with E-state index in [2.05, 4.69) is 22.9 Å². The third kappa shape index (κ3) is 5.94. The standard InChI is InChI=1S/C15H23N3O2S.ClH/c1-11-9-16-7-4-13(11)18-14(19)3-2-6-17-15(20)12-5-8-21-10-12;/h5,8,10-11,13,16H,2-4,6-7,9H2,1H3,(H,17,20)(H,18,19);1H. The zero-order valence-electron chi connectivity index (χ0n) is 12.8. The van der Waals surface area contributed by atoms with Gasteiger partial charge in [0.1, 0.15) is 0 Å². The average molecular weight is 346 g/mol. The summed E-state index contributed by atoms with van der Waals surface area (Å²) in [6.45, 7) is 4.61. The number of halogens is 1. The summed E-state index contributed by atoms with van der Waals surface area (Å²) in [5.41, 5.74) is 0.688. The van der Waals surface area contributed by atoms with Crippen molar-refractivity contribution in [2.45, 2.75) is 32.2 Å². The monoisotopic (exact) mass is 345 g/mol. The summed E-state index contributed by atoms with van der Waals surface area (Å²) >= 11 is 1.50. The number of carbonyl (C=O) groups is 2. The van der Waals surface area contributed by atoms with E-state index in [0.717, 1.165) is 19.5 Å². The predicted octanol–water partition coefficient (Wildman–Crippen LogP) is 1.79. The first-order valence-electron chi connectivity index (χ1n) is 7.47. The molecule has 2 heterocycles. The van der Waals surface area contributed by atoms with Gasteiger partial charge in [0, 0.05) is 30.0 Å². The SMILES string of the molecule is CC1CNCCC1NC(=O)CCCNC(=O)c1ccsc1.Cl. The summed E-state index contributed by atoms with van der Waals surface area (Å²) < 4.78 is 0. The molecule has 1 saturated heterocycles. The summed E-state index contributed by atoms with van der Waals surface area (Å²) in [6.07, 6.45) is 2.11. The van der Waals surface area contributed by atoms with Crippen molar-refractivity contribution in [2.24, 2.45) is 5.92 Å². The highest BCUT2D eigenvalue weighted by Crippen LogP contribution is 2.10. The molecule has 124 valence electrons. The molecular formula is C15H24ClN3O2S. The summed E-state index contributed by atoms with van der Waals surface area (Å²) in [5.74, 6) is 0.489.